The molecule has 0 aromatic heterocycles. The van der Waals surface area contributed by atoms with Crippen LogP contribution in [0.2, 0.25) is 0 Å². The second-order valence-corrected chi connectivity index (χ2v) is 6.18. The van der Waals surface area contributed by atoms with Crippen molar-refractivity contribution in [2.75, 3.05) is 20.1 Å². The number of aliphatic hydroxyl groups excluding tert-OH is 1. The molecular formula is C15H28N2O2. The first-order chi connectivity index (χ1) is 9.09. The Hall–Kier alpha value is -0.610. The summed E-state index contributed by atoms with van der Waals surface area (Å²) in [5.74, 6) is 0.253. The summed E-state index contributed by atoms with van der Waals surface area (Å²) < 4.78 is 0. The summed E-state index contributed by atoms with van der Waals surface area (Å²) in [5.41, 5.74) is 0. The zero-order valence-electron chi connectivity index (χ0n) is 12.3. The summed E-state index contributed by atoms with van der Waals surface area (Å²) in [6.07, 6.45) is 7.57. The van der Waals surface area contributed by atoms with Crippen LogP contribution in [0.25, 0.3) is 0 Å². The molecule has 1 heterocycles. The Morgan fingerprint density at radius 3 is 2.32 bits per heavy atom. The summed E-state index contributed by atoms with van der Waals surface area (Å²) in [5, 5.41) is 9.54. The number of aliphatic hydroxyl groups is 1. The zero-order valence-corrected chi connectivity index (χ0v) is 12.3. The second kappa shape index (κ2) is 6.71. The largest absolute Gasteiger partial charge is 0.393 e. The number of likely N-dealkylation sites (N-methyl/N-ethyl adjacent to an activating group) is 1. The van der Waals surface area contributed by atoms with Crippen molar-refractivity contribution >= 4 is 5.91 Å². The van der Waals surface area contributed by atoms with Gasteiger partial charge in [-0.2, -0.15) is 0 Å². The molecule has 0 spiro atoms. The van der Waals surface area contributed by atoms with Crippen molar-refractivity contribution < 1.29 is 9.90 Å². The van der Waals surface area contributed by atoms with Crippen LogP contribution in [-0.2, 0) is 4.79 Å². The van der Waals surface area contributed by atoms with E-state index in [1.165, 1.54) is 19.3 Å². The molecule has 1 aliphatic carbocycles. The highest BCUT2D eigenvalue weighted by Crippen LogP contribution is 2.23. The van der Waals surface area contributed by atoms with Crippen LogP contribution in [-0.4, -0.2) is 59.1 Å². The normalized spacial score (nSPS) is 25.2. The Balaban J connectivity index is 1.86. The molecule has 1 unspecified atom stereocenters. The minimum atomic E-state index is -0.172. The van der Waals surface area contributed by atoms with Crippen molar-refractivity contribution in [3.05, 3.63) is 0 Å². The molecule has 1 saturated carbocycles. The SMILES string of the molecule is CC(C(=O)N(C)C1CCCCC1)N1CCC(O)CC1. The van der Waals surface area contributed by atoms with E-state index >= 15 is 0 Å². The average Bonchev–Trinajstić information content (AvgIpc) is 2.46. The lowest BCUT2D eigenvalue weighted by Crippen LogP contribution is -2.51. The van der Waals surface area contributed by atoms with E-state index < -0.39 is 0 Å². The lowest BCUT2D eigenvalue weighted by molar-refractivity contribution is -0.138. The van der Waals surface area contributed by atoms with E-state index in [1.54, 1.807) is 0 Å². The van der Waals surface area contributed by atoms with Gasteiger partial charge < -0.3 is 10.0 Å². The molecule has 2 rings (SSSR count). The van der Waals surface area contributed by atoms with Crippen LogP contribution in [0.1, 0.15) is 51.9 Å². The van der Waals surface area contributed by atoms with E-state index in [9.17, 15) is 9.90 Å². The van der Waals surface area contributed by atoms with Crippen molar-refractivity contribution in [1.29, 1.82) is 0 Å². The molecule has 0 bridgehead atoms. The van der Waals surface area contributed by atoms with Gasteiger partial charge in [-0.15, -0.1) is 0 Å². The summed E-state index contributed by atoms with van der Waals surface area (Å²) in [6.45, 7) is 3.69. The number of carbonyl (C=O) groups is 1. The molecule has 2 aliphatic rings. The summed E-state index contributed by atoms with van der Waals surface area (Å²) >= 11 is 0. The Morgan fingerprint density at radius 2 is 1.74 bits per heavy atom. The molecule has 0 aromatic carbocycles. The molecule has 1 saturated heterocycles. The van der Waals surface area contributed by atoms with Gasteiger partial charge in [0.05, 0.1) is 12.1 Å². The molecule has 110 valence electrons. The number of hydrogen-bond acceptors (Lipinski definition) is 3. The molecule has 4 heteroatoms. The minimum absolute atomic E-state index is 0.0422. The fourth-order valence-corrected chi connectivity index (χ4v) is 3.37. The number of nitrogens with zero attached hydrogens (tertiary/aromatic N) is 2. The molecule has 4 nitrogen and oxygen atoms in total. The first-order valence-electron chi connectivity index (χ1n) is 7.78. The van der Waals surface area contributed by atoms with Gasteiger partial charge in [-0.25, -0.2) is 0 Å². The Morgan fingerprint density at radius 1 is 1.16 bits per heavy atom. The number of carbonyl (C=O) groups excluding carboxylic acids is 1. The fourth-order valence-electron chi connectivity index (χ4n) is 3.37. The molecule has 1 N–H and O–H groups in total. The predicted molar refractivity (Wildman–Crippen MR) is 75.9 cm³/mol. The van der Waals surface area contributed by atoms with E-state index in [-0.39, 0.29) is 18.1 Å². The lowest BCUT2D eigenvalue weighted by Gasteiger charge is -2.38. The number of rotatable bonds is 3. The lowest BCUT2D eigenvalue weighted by atomic mass is 9.94. The maximum Gasteiger partial charge on any atom is 0.239 e. The summed E-state index contributed by atoms with van der Waals surface area (Å²) in [4.78, 5) is 16.7. The fraction of sp³-hybridized carbons (Fsp3) is 0.933. The van der Waals surface area contributed by atoms with Crippen LogP contribution in [0.5, 0.6) is 0 Å². The van der Waals surface area contributed by atoms with E-state index in [1.807, 2.05) is 18.9 Å². The van der Waals surface area contributed by atoms with Crippen LogP contribution in [0, 0.1) is 0 Å². The van der Waals surface area contributed by atoms with E-state index in [0.717, 1.165) is 38.8 Å². The van der Waals surface area contributed by atoms with E-state index in [0.29, 0.717) is 6.04 Å². The maximum absolute atomic E-state index is 12.5. The molecule has 19 heavy (non-hydrogen) atoms. The standard InChI is InChI=1S/C15H28N2O2/c1-12(17-10-8-14(18)9-11-17)15(19)16(2)13-6-4-3-5-7-13/h12-14,18H,3-11H2,1-2H3. The third-order valence-electron chi connectivity index (χ3n) is 4.87. The number of hydrogen-bond donors (Lipinski definition) is 1. The highest BCUT2D eigenvalue weighted by Gasteiger charge is 2.30. The van der Waals surface area contributed by atoms with Crippen LogP contribution in [0.4, 0.5) is 0 Å². The second-order valence-electron chi connectivity index (χ2n) is 6.18. The van der Waals surface area contributed by atoms with Gasteiger partial charge in [-0.05, 0) is 32.6 Å². The minimum Gasteiger partial charge on any atom is -0.393 e. The third-order valence-corrected chi connectivity index (χ3v) is 4.87. The maximum atomic E-state index is 12.5. The topological polar surface area (TPSA) is 43.8 Å². The van der Waals surface area contributed by atoms with Gasteiger partial charge in [0, 0.05) is 26.2 Å². The van der Waals surface area contributed by atoms with Gasteiger partial charge in [-0.3, -0.25) is 9.69 Å². The van der Waals surface area contributed by atoms with Crippen LogP contribution in [0.3, 0.4) is 0 Å². The van der Waals surface area contributed by atoms with Crippen LogP contribution in [0.15, 0.2) is 0 Å². The monoisotopic (exact) mass is 268 g/mol. The average molecular weight is 268 g/mol. The van der Waals surface area contributed by atoms with Crippen molar-refractivity contribution in [2.24, 2.45) is 0 Å². The van der Waals surface area contributed by atoms with Crippen molar-refractivity contribution in [3.8, 4) is 0 Å². The first-order valence-corrected chi connectivity index (χ1v) is 7.78. The molecule has 0 aromatic rings. The van der Waals surface area contributed by atoms with Gasteiger partial charge in [0.25, 0.3) is 0 Å². The molecular weight excluding hydrogens is 240 g/mol. The molecule has 0 radical (unpaired) electrons. The van der Waals surface area contributed by atoms with Crippen LogP contribution >= 0.6 is 0 Å². The van der Waals surface area contributed by atoms with E-state index in [4.69, 9.17) is 0 Å². The van der Waals surface area contributed by atoms with Crippen molar-refractivity contribution in [2.45, 2.75) is 70.1 Å². The molecule has 1 aliphatic heterocycles. The third kappa shape index (κ3) is 3.69. The van der Waals surface area contributed by atoms with Gasteiger partial charge in [0.2, 0.25) is 5.91 Å². The quantitative estimate of drug-likeness (QED) is 0.846. The Labute approximate surface area is 116 Å². The van der Waals surface area contributed by atoms with Gasteiger partial charge in [-0.1, -0.05) is 19.3 Å². The van der Waals surface area contributed by atoms with E-state index in [2.05, 4.69) is 4.90 Å². The number of likely N-dealkylation sites (tertiary alicyclic amines) is 1. The summed E-state index contributed by atoms with van der Waals surface area (Å²) in [6, 6.07) is 0.401. The number of piperidine rings is 1. The Kier molecular flexibility index (Phi) is 5.22. The van der Waals surface area contributed by atoms with Gasteiger partial charge in [0.15, 0.2) is 0 Å². The van der Waals surface area contributed by atoms with Crippen molar-refractivity contribution in [1.82, 2.24) is 9.80 Å². The van der Waals surface area contributed by atoms with Gasteiger partial charge in [0.1, 0.15) is 0 Å². The zero-order chi connectivity index (χ0) is 13.8. The molecule has 1 amide bonds. The van der Waals surface area contributed by atoms with Crippen LogP contribution < -0.4 is 0 Å². The summed E-state index contributed by atoms with van der Waals surface area (Å²) in [7, 11) is 1.97. The predicted octanol–water partition coefficient (Wildman–Crippen LogP) is 1.62. The molecule has 1 atom stereocenters. The Bertz CT molecular complexity index is 295. The highest BCUT2D eigenvalue weighted by molar-refractivity contribution is 5.81. The number of amides is 1. The van der Waals surface area contributed by atoms with Crippen molar-refractivity contribution in [3.63, 3.8) is 0 Å². The smallest absolute Gasteiger partial charge is 0.239 e. The first kappa shape index (κ1) is 14.8. The van der Waals surface area contributed by atoms with Gasteiger partial charge >= 0.3 is 0 Å². The molecule has 2 fully saturated rings. The highest BCUT2D eigenvalue weighted by atomic mass is 16.3.